The number of aromatic nitrogens is 1. The smallest absolute Gasteiger partial charge is 0.270 e. The molecule has 0 saturated carbocycles. The summed E-state index contributed by atoms with van der Waals surface area (Å²) in [4.78, 5) is 14.7. The second kappa shape index (κ2) is 7.84. The van der Waals surface area contributed by atoms with Gasteiger partial charge in [0.2, 0.25) is 0 Å². The third-order valence-electron chi connectivity index (χ3n) is 4.92. The largest absolute Gasteiger partial charge is 0.343 e. The molecule has 4 nitrogen and oxygen atoms in total. The molecule has 6 heteroatoms. The molecule has 3 rings (SSSR count). The number of piperidine rings is 1. The molecule has 0 radical (unpaired) electrons. The lowest BCUT2D eigenvalue weighted by atomic mass is 9.88. The highest BCUT2D eigenvalue weighted by molar-refractivity contribution is 9.10. The molecule has 0 bridgehead atoms. The van der Waals surface area contributed by atoms with Crippen LogP contribution in [0.2, 0.25) is 0 Å². The van der Waals surface area contributed by atoms with Gasteiger partial charge in [-0.3, -0.25) is 4.79 Å². The van der Waals surface area contributed by atoms with Crippen LogP contribution in [0.3, 0.4) is 0 Å². The molecule has 1 amide bonds. The van der Waals surface area contributed by atoms with Gasteiger partial charge in [-0.1, -0.05) is 0 Å². The van der Waals surface area contributed by atoms with Crippen molar-refractivity contribution in [2.24, 2.45) is 5.92 Å². The monoisotopic (exact) mass is 389 g/mol. The van der Waals surface area contributed by atoms with Gasteiger partial charge in [0.05, 0.1) is 0 Å². The maximum Gasteiger partial charge on any atom is 0.270 e. The van der Waals surface area contributed by atoms with E-state index in [-0.39, 0.29) is 18.3 Å². The summed E-state index contributed by atoms with van der Waals surface area (Å²) >= 11 is 3.47. The lowest BCUT2D eigenvalue weighted by Crippen LogP contribution is -2.43. The zero-order valence-electron chi connectivity index (χ0n) is 13.1. The van der Waals surface area contributed by atoms with Crippen molar-refractivity contribution in [1.82, 2.24) is 14.8 Å². The summed E-state index contributed by atoms with van der Waals surface area (Å²) in [6.45, 7) is 5.86. The minimum Gasteiger partial charge on any atom is -0.343 e. The normalized spacial score (nSPS) is 22.6. The predicted octanol–water partition coefficient (Wildman–Crippen LogP) is 3.30. The van der Waals surface area contributed by atoms with Crippen molar-refractivity contribution in [3.8, 4) is 0 Å². The van der Waals surface area contributed by atoms with Gasteiger partial charge in [-0.05, 0) is 67.1 Å². The van der Waals surface area contributed by atoms with Gasteiger partial charge in [0, 0.05) is 36.3 Å². The first kappa shape index (κ1) is 17.8. The average Bonchev–Trinajstić information content (AvgIpc) is 3.16. The minimum atomic E-state index is 0. The molecule has 124 valence electrons. The molecule has 2 saturated heterocycles. The van der Waals surface area contributed by atoms with E-state index in [2.05, 4.69) is 28.2 Å². The average molecular weight is 391 g/mol. The molecule has 2 aliphatic heterocycles. The molecule has 1 unspecified atom stereocenters. The summed E-state index contributed by atoms with van der Waals surface area (Å²) in [5.74, 6) is 0.932. The number of rotatable bonds is 3. The number of amides is 1. The lowest BCUT2D eigenvalue weighted by molar-refractivity contribution is 0.0663. The summed E-state index contributed by atoms with van der Waals surface area (Å²) in [6, 6.07) is 2.63. The molecule has 22 heavy (non-hydrogen) atoms. The molecular formula is C16H25BrClN3O. The number of nitrogens with zero attached hydrogens (tertiary/aromatic N) is 2. The Bertz CT molecular complexity index is 505. The van der Waals surface area contributed by atoms with E-state index in [0.717, 1.165) is 48.6 Å². The van der Waals surface area contributed by atoms with Gasteiger partial charge in [0.25, 0.3) is 5.91 Å². The highest BCUT2D eigenvalue weighted by Gasteiger charge is 2.30. The van der Waals surface area contributed by atoms with Gasteiger partial charge in [-0.2, -0.15) is 0 Å². The van der Waals surface area contributed by atoms with Crippen molar-refractivity contribution in [3.05, 3.63) is 22.4 Å². The molecule has 2 aliphatic rings. The fourth-order valence-corrected chi connectivity index (χ4v) is 4.16. The number of nitrogens with one attached hydrogen (secondary N) is 1. The number of aryl methyl sites for hydroxylation is 1. The van der Waals surface area contributed by atoms with Gasteiger partial charge in [-0.15, -0.1) is 12.4 Å². The van der Waals surface area contributed by atoms with Crippen LogP contribution in [-0.4, -0.2) is 41.1 Å². The maximum atomic E-state index is 12.7. The van der Waals surface area contributed by atoms with Crippen molar-refractivity contribution < 1.29 is 4.79 Å². The van der Waals surface area contributed by atoms with Crippen LogP contribution in [0.4, 0.5) is 0 Å². The third kappa shape index (κ3) is 3.69. The van der Waals surface area contributed by atoms with Gasteiger partial charge in [0.1, 0.15) is 5.69 Å². The van der Waals surface area contributed by atoms with Crippen LogP contribution in [0, 0.1) is 5.92 Å². The van der Waals surface area contributed by atoms with Crippen LogP contribution in [0.25, 0.3) is 0 Å². The Morgan fingerprint density at radius 1 is 1.36 bits per heavy atom. The molecule has 1 aromatic heterocycles. The molecule has 1 aromatic rings. The number of likely N-dealkylation sites (tertiary alicyclic amines) is 1. The lowest BCUT2D eigenvalue weighted by Gasteiger charge is -2.35. The van der Waals surface area contributed by atoms with Crippen LogP contribution in [0.1, 0.15) is 43.1 Å². The molecule has 0 aliphatic carbocycles. The Kier molecular flexibility index (Phi) is 6.36. The Balaban J connectivity index is 0.00000176. The number of halogens is 2. The molecule has 0 aromatic carbocycles. The SMILES string of the molecule is CCn1cc(Br)cc1C(=O)N1CCC(C2CCCN2)CC1.Cl. The first-order valence-electron chi connectivity index (χ1n) is 8.07. The first-order chi connectivity index (χ1) is 10.2. The van der Waals surface area contributed by atoms with E-state index in [1.54, 1.807) is 0 Å². The quantitative estimate of drug-likeness (QED) is 0.860. The Morgan fingerprint density at radius 2 is 2.09 bits per heavy atom. The molecule has 1 N–H and O–H groups in total. The zero-order valence-corrected chi connectivity index (χ0v) is 15.5. The number of carbonyl (C=O) groups is 1. The second-order valence-electron chi connectivity index (χ2n) is 6.16. The Hall–Kier alpha value is -0.520. The Morgan fingerprint density at radius 3 is 2.68 bits per heavy atom. The number of hydrogen-bond acceptors (Lipinski definition) is 2. The number of hydrogen-bond donors (Lipinski definition) is 1. The summed E-state index contributed by atoms with van der Waals surface area (Å²) in [5.41, 5.74) is 0.807. The van der Waals surface area contributed by atoms with E-state index in [4.69, 9.17) is 0 Å². The second-order valence-corrected chi connectivity index (χ2v) is 7.08. The first-order valence-corrected chi connectivity index (χ1v) is 8.86. The van der Waals surface area contributed by atoms with Gasteiger partial charge >= 0.3 is 0 Å². The fourth-order valence-electron chi connectivity index (χ4n) is 3.70. The molecule has 1 atom stereocenters. The summed E-state index contributed by atoms with van der Waals surface area (Å²) in [6.07, 6.45) is 6.88. The summed E-state index contributed by atoms with van der Waals surface area (Å²) in [5, 5.41) is 3.61. The topological polar surface area (TPSA) is 37.3 Å². The van der Waals surface area contributed by atoms with E-state index < -0.39 is 0 Å². The molecule has 3 heterocycles. The van der Waals surface area contributed by atoms with Crippen LogP contribution >= 0.6 is 28.3 Å². The van der Waals surface area contributed by atoms with E-state index in [1.807, 2.05) is 21.7 Å². The third-order valence-corrected chi connectivity index (χ3v) is 5.35. The highest BCUT2D eigenvalue weighted by Crippen LogP contribution is 2.27. The maximum absolute atomic E-state index is 12.7. The van der Waals surface area contributed by atoms with Crippen molar-refractivity contribution in [2.75, 3.05) is 19.6 Å². The van der Waals surface area contributed by atoms with Crippen LogP contribution in [-0.2, 0) is 6.54 Å². The number of carbonyl (C=O) groups excluding carboxylic acids is 1. The fraction of sp³-hybridized carbons (Fsp3) is 0.688. The van der Waals surface area contributed by atoms with E-state index in [0.29, 0.717) is 6.04 Å². The zero-order chi connectivity index (χ0) is 14.8. The van der Waals surface area contributed by atoms with Crippen LogP contribution in [0.15, 0.2) is 16.7 Å². The molecule has 2 fully saturated rings. The summed E-state index contributed by atoms with van der Waals surface area (Å²) in [7, 11) is 0. The highest BCUT2D eigenvalue weighted by atomic mass is 79.9. The predicted molar refractivity (Wildman–Crippen MR) is 94.7 cm³/mol. The van der Waals surface area contributed by atoms with Crippen LogP contribution < -0.4 is 5.32 Å². The van der Waals surface area contributed by atoms with Crippen molar-refractivity contribution >= 4 is 34.2 Å². The Labute approximate surface area is 147 Å². The van der Waals surface area contributed by atoms with E-state index >= 15 is 0 Å². The minimum absolute atomic E-state index is 0. The van der Waals surface area contributed by atoms with Gasteiger partial charge < -0.3 is 14.8 Å². The van der Waals surface area contributed by atoms with Crippen molar-refractivity contribution in [1.29, 1.82) is 0 Å². The van der Waals surface area contributed by atoms with E-state index in [9.17, 15) is 4.79 Å². The standard InChI is InChI=1S/C16H24BrN3O.ClH/c1-2-19-11-13(17)10-15(19)16(21)20-8-5-12(6-9-20)14-4-3-7-18-14;/h10-12,14,18H,2-9H2,1H3;1H. The van der Waals surface area contributed by atoms with Crippen LogP contribution in [0.5, 0.6) is 0 Å². The van der Waals surface area contributed by atoms with E-state index in [1.165, 1.54) is 19.4 Å². The molecule has 0 spiro atoms. The van der Waals surface area contributed by atoms with Crippen molar-refractivity contribution in [3.63, 3.8) is 0 Å². The summed E-state index contributed by atoms with van der Waals surface area (Å²) < 4.78 is 3.01. The van der Waals surface area contributed by atoms with Crippen molar-refractivity contribution in [2.45, 2.75) is 45.2 Å². The van der Waals surface area contributed by atoms with Gasteiger partial charge in [0.15, 0.2) is 0 Å². The van der Waals surface area contributed by atoms with Gasteiger partial charge in [-0.25, -0.2) is 0 Å². The molecular weight excluding hydrogens is 366 g/mol.